The molecular weight excluding hydrogens is 318 g/mol. The molecule has 0 unspecified atom stereocenters. The molecule has 0 saturated carbocycles. The smallest absolute Gasteiger partial charge is 0.222 e. The summed E-state index contributed by atoms with van der Waals surface area (Å²) in [4.78, 5) is 14.2. The normalized spacial score (nSPS) is 17.3. The van der Waals surface area contributed by atoms with Crippen LogP contribution < -0.4 is 0 Å². The van der Waals surface area contributed by atoms with Gasteiger partial charge in [-0.3, -0.25) is 4.79 Å². The van der Waals surface area contributed by atoms with E-state index in [2.05, 4.69) is 5.16 Å². The van der Waals surface area contributed by atoms with E-state index in [0.29, 0.717) is 45.4 Å². The van der Waals surface area contributed by atoms with Crippen molar-refractivity contribution in [2.24, 2.45) is 0 Å². The lowest BCUT2D eigenvalue weighted by Gasteiger charge is -2.21. The van der Waals surface area contributed by atoms with Crippen molar-refractivity contribution in [1.29, 1.82) is 0 Å². The number of sulfonamides is 1. The van der Waals surface area contributed by atoms with E-state index in [1.807, 2.05) is 13.8 Å². The quantitative estimate of drug-likeness (QED) is 0.799. The van der Waals surface area contributed by atoms with Crippen LogP contribution in [0.15, 0.2) is 4.52 Å². The minimum absolute atomic E-state index is 0.0562. The van der Waals surface area contributed by atoms with Crippen molar-refractivity contribution in [3.8, 4) is 0 Å². The first-order chi connectivity index (χ1) is 10.8. The summed E-state index contributed by atoms with van der Waals surface area (Å²) in [5.74, 6) is 0.916. The van der Waals surface area contributed by atoms with Crippen LogP contribution in [0.5, 0.6) is 0 Å². The van der Waals surface area contributed by atoms with E-state index in [0.717, 1.165) is 17.0 Å². The molecule has 23 heavy (non-hydrogen) atoms. The number of carbonyl (C=O) groups excluding carboxylic acids is 1. The van der Waals surface area contributed by atoms with Crippen LogP contribution in [0.2, 0.25) is 0 Å². The Hall–Kier alpha value is -1.41. The van der Waals surface area contributed by atoms with E-state index in [-0.39, 0.29) is 11.7 Å². The van der Waals surface area contributed by atoms with E-state index in [1.165, 1.54) is 4.31 Å². The number of nitrogens with zero attached hydrogens (tertiary/aromatic N) is 3. The predicted molar refractivity (Wildman–Crippen MR) is 86.5 cm³/mol. The molecule has 0 aromatic carbocycles. The van der Waals surface area contributed by atoms with Gasteiger partial charge in [-0.1, -0.05) is 5.16 Å². The molecule has 130 valence electrons. The Morgan fingerprint density at radius 2 is 1.96 bits per heavy atom. The van der Waals surface area contributed by atoms with Crippen LogP contribution in [0.1, 0.15) is 36.8 Å². The van der Waals surface area contributed by atoms with Gasteiger partial charge in [-0.05, 0) is 33.6 Å². The second-order valence-corrected chi connectivity index (χ2v) is 8.09. The summed E-state index contributed by atoms with van der Waals surface area (Å²) in [5.41, 5.74) is 1.81. The lowest BCUT2D eigenvalue weighted by atomic mass is 10.1. The van der Waals surface area contributed by atoms with Gasteiger partial charge in [0.05, 0.1) is 11.4 Å². The zero-order valence-electron chi connectivity index (χ0n) is 14.0. The molecule has 8 heteroatoms. The molecule has 0 bridgehead atoms. The Kier molecular flexibility index (Phi) is 5.80. The van der Waals surface area contributed by atoms with Crippen LogP contribution in [0, 0.1) is 13.8 Å². The highest BCUT2D eigenvalue weighted by atomic mass is 32.2. The molecule has 0 aliphatic carbocycles. The number of hydrogen-bond donors (Lipinski definition) is 0. The third-order valence-corrected chi connectivity index (χ3v) is 6.22. The molecular formula is C15H25N3O4S. The number of hydrogen-bond acceptors (Lipinski definition) is 5. The first kappa shape index (κ1) is 17.9. The number of aromatic nitrogens is 1. The second kappa shape index (κ2) is 7.44. The van der Waals surface area contributed by atoms with Gasteiger partial charge >= 0.3 is 0 Å². The molecule has 1 aliphatic rings. The Balaban J connectivity index is 1.91. The maximum absolute atomic E-state index is 12.4. The topological polar surface area (TPSA) is 83.7 Å². The molecule has 1 fully saturated rings. The SMILES string of the molecule is CCS(=O)(=O)N1CCCN(C(=O)CCc2c(C)noc2C)CC1. The second-order valence-electron chi connectivity index (χ2n) is 5.84. The van der Waals surface area contributed by atoms with Crippen molar-refractivity contribution in [2.75, 3.05) is 31.9 Å². The first-order valence-electron chi connectivity index (χ1n) is 8.02. The largest absolute Gasteiger partial charge is 0.361 e. The molecule has 2 heterocycles. The number of rotatable bonds is 5. The minimum Gasteiger partial charge on any atom is -0.361 e. The summed E-state index contributed by atoms with van der Waals surface area (Å²) in [6, 6.07) is 0. The highest BCUT2D eigenvalue weighted by Gasteiger charge is 2.25. The highest BCUT2D eigenvalue weighted by molar-refractivity contribution is 7.89. The van der Waals surface area contributed by atoms with Crippen molar-refractivity contribution in [2.45, 2.75) is 40.0 Å². The molecule has 1 saturated heterocycles. The third kappa shape index (κ3) is 4.32. The van der Waals surface area contributed by atoms with E-state index < -0.39 is 10.0 Å². The van der Waals surface area contributed by atoms with Gasteiger partial charge in [0.15, 0.2) is 0 Å². The average molecular weight is 343 g/mol. The lowest BCUT2D eigenvalue weighted by Crippen LogP contribution is -2.38. The van der Waals surface area contributed by atoms with Crippen LogP contribution >= 0.6 is 0 Å². The third-order valence-electron chi connectivity index (χ3n) is 4.34. The van der Waals surface area contributed by atoms with E-state index in [4.69, 9.17) is 4.52 Å². The molecule has 0 radical (unpaired) electrons. The van der Waals surface area contributed by atoms with Crippen LogP contribution in [0.4, 0.5) is 0 Å². The van der Waals surface area contributed by atoms with E-state index >= 15 is 0 Å². The fourth-order valence-corrected chi connectivity index (χ4v) is 3.99. The summed E-state index contributed by atoms with van der Waals surface area (Å²) in [6.07, 6.45) is 1.67. The fourth-order valence-electron chi connectivity index (χ4n) is 2.85. The summed E-state index contributed by atoms with van der Waals surface area (Å²) >= 11 is 0. The van der Waals surface area contributed by atoms with Gasteiger partial charge < -0.3 is 9.42 Å². The first-order valence-corrected chi connectivity index (χ1v) is 9.63. The Labute approximate surface area is 137 Å². The zero-order chi connectivity index (χ0) is 17.0. The molecule has 7 nitrogen and oxygen atoms in total. The summed E-state index contributed by atoms with van der Waals surface area (Å²) in [5, 5.41) is 3.89. The number of aryl methyl sites for hydroxylation is 2. The summed E-state index contributed by atoms with van der Waals surface area (Å²) in [6.45, 7) is 7.30. The van der Waals surface area contributed by atoms with Crippen molar-refractivity contribution in [1.82, 2.24) is 14.4 Å². The summed E-state index contributed by atoms with van der Waals surface area (Å²) in [7, 11) is -3.18. The van der Waals surface area contributed by atoms with Crippen LogP contribution in [0.25, 0.3) is 0 Å². The highest BCUT2D eigenvalue weighted by Crippen LogP contribution is 2.16. The van der Waals surface area contributed by atoms with Crippen molar-refractivity contribution in [3.05, 3.63) is 17.0 Å². The monoisotopic (exact) mass is 343 g/mol. The molecule has 1 amide bonds. The van der Waals surface area contributed by atoms with E-state index in [9.17, 15) is 13.2 Å². The molecule has 0 N–H and O–H groups in total. The standard InChI is InChI=1S/C15H25N3O4S/c1-4-23(20,21)18-9-5-8-17(10-11-18)15(19)7-6-14-12(2)16-22-13(14)3/h4-11H2,1-3H3. The van der Waals surface area contributed by atoms with Gasteiger partial charge in [0, 0.05) is 38.2 Å². The van der Waals surface area contributed by atoms with Gasteiger partial charge in [0.25, 0.3) is 0 Å². The van der Waals surface area contributed by atoms with Gasteiger partial charge in [-0.25, -0.2) is 12.7 Å². The minimum atomic E-state index is -3.18. The average Bonchev–Trinajstić information content (AvgIpc) is 2.73. The molecule has 2 rings (SSSR count). The maximum Gasteiger partial charge on any atom is 0.222 e. The van der Waals surface area contributed by atoms with Crippen molar-refractivity contribution >= 4 is 15.9 Å². The van der Waals surface area contributed by atoms with Gasteiger partial charge in [0.2, 0.25) is 15.9 Å². The fraction of sp³-hybridized carbons (Fsp3) is 0.733. The zero-order valence-corrected chi connectivity index (χ0v) is 14.9. The molecule has 0 atom stereocenters. The molecule has 1 aliphatic heterocycles. The van der Waals surface area contributed by atoms with Gasteiger partial charge in [-0.2, -0.15) is 0 Å². The lowest BCUT2D eigenvalue weighted by molar-refractivity contribution is -0.131. The predicted octanol–water partition coefficient (Wildman–Crippen LogP) is 1.11. The van der Waals surface area contributed by atoms with Crippen molar-refractivity contribution < 1.29 is 17.7 Å². The number of amides is 1. The van der Waals surface area contributed by atoms with Crippen molar-refractivity contribution in [3.63, 3.8) is 0 Å². The molecule has 1 aromatic heterocycles. The summed E-state index contributed by atoms with van der Waals surface area (Å²) < 4.78 is 30.5. The van der Waals surface area contributed by atoms with Crippen LogP contribution in [0.3, 0.4) is 0 Å². The molecule has 1 aromatic rings. The maximum atomic E-state index is 12.4. The van der Waals surface area contributed by atoms with Gasteiger partial charge in [-0.15, -0.1) is 0 Å². The van der Waals surface area contributed by atoms with Crippen LogP contribution in [-0.2, 0) is 21.2 Å². The molecule has 0 spiro atoms. The van der Waals surface area contributed by atoms with Crippen LogP contribution in [-0.4, -0.2) is 60.6 Å². The van der Waals surface area contributed by atoms with Gasteiger partial charge in [0.1, 0.15) is 5.76 Å². The van der Waals surface area contributed by atoms with E-state index in [1.54, 1.807) is 11.8 Å². The number of carbonyl (C=O) groups is 1. The Morgan fingerprint density at radius 1 is 1.22 bits per heavy atom. The Bertz CT molecular complexity index is 634. The Morgan fingerprint density at radius 3 is 2.57 bits per heavy atom.